The largest absolute Gasteiger partial charge is 0.462 e. The van der Waals surface area contributed by atoms with Crippen molar-refractivity contribution in [3.63, 3.8) is 0 Å². The molecule has 5 nitrogen and oxygen atoms in total. The van der Waals surface area contributed by atoms with Crippen LogP contribution in [-0.2, 0) is 14.3 Å². The van der Waals surface area contributed by atoms with Crippen molar-refractivity contribution < 1.29 is 24.2 Å². The second-order valence-electron chi connectivity index (χ2n) is 9.10. The highest BCUT2D eigenvalue weighted by Gasteiger charge is 2.56. The van der Waals surface area contributed by atoms with Gasteiger partial charge in [0.25, 0.3) is 0 Å². The van der Waals surface area contributed by atoms with Crippen molar-refractivity contribution >= 4 is 11.9 Å². The maximum absolute atomic E-state index is 11.6. The second kappa shape index (κ2) is 7.18. The first-order chi connectivity index (χ1) is 13.3. The third-order valence-corrected chi connectivity index (χ3v) is 7.59. The molecule has 0 aliphatic heterocycles. The van der Waals surface area contributed by atoms with E-state index < -0.39 is 0 Å². The van der Waals surface area contributed by atoms with Crippen LogP contribution in [0.3, 0.4) is 0 Å². The van der Waals surface area contributed by atoms with Gasteiger partial charge in [0.2, 0.25) is 0 Å². The Balaban J connectivity index is 1.65. The van der Waals surface area contributed by atoms with Crippen molar-refractivity contribution in [2.24, 2.45) is 17.3 Å². The summed E-state index contributed by atoms with van der Waals surface area (Å²) in [5.74, 6) is 1.55. The van der Waals surface area contributed by atoms with Gasteiger partial charge in [-0.3, -0.25) is 9.59 Å². The fourth-order valence-electron chi connectivity index (χ4n) is 6.45. The number of hydrogen-bond donors (Lipinski definition) is 1. The van der Waals surface area contributed by atoms with Gasteiger partial charge in [0.15, 0.2) is 0 Å². The van der Waals surface area contributed by atoms with Crippen LogP contribution < -0.4 is 4.74 Å². The smallest absolute Gasteiger partial charge is 0.308 e. The van der Waals surface area contributed by atoms with Gasteiger partial charge >= 0.3 is 11.9 Å². The van der Waals surface area contributed by atoms with Gasteiger partial charge in [-0.2, -0.15) is 0 Å². The van der Waals surface area contributed by atoms with Gasteiger partial charge in [0.1, 0.15) is 11.9 Å². The molecule has 4 rings (SSSR count). The summed E-state index contributed by atoms with van der Waals surface area (Å²) in [4.78, 5) is 22.9. The van der Waals surface area contributed by atoms with Crippen LogP contribution in [0.15, 0.2) is 18.2 Å². The van der Waals surface area contributed by atoms with Crippen molar-refractivity contribution in [3.05, 3.63) is 29.3 Å². The highest BCUT2D eigenvalue weighted by Crippen LogP contribution is 2.63. The van der Waals surface area contributed by atoms with Crippen molar-refractivity contribution in [1.82, 2.24) is 0 Å². The molecule has 152 valence electrons. The van der Waals surface area contributed by atoms with Crippen molar-refractivity contribution in [2.45, 2.75) is 70.8 Å². The zero-order valence-electron chi connectivity index (χ0n) is 16.9. The lowest BCUT2D eigenvalue weighted by atomic mass is 9.54. The number of ether oxygens (including phenoxy) is 2. The Hall–Kier alpha value is -1.88. The van der Waals surface area contributed by atoms with E-state index in [1.165, 1.54) is 19.4 Å². The summed E-state index contributed by atoms with van der Waals surface area (Å²) in [7, 11) is 0. The average Bonchev–Trinajstić information content (AvgIpc) is 2.96. The van der Waals surface area contributed by atoms with Crippen molar-refractivity contribution in [3.8, 4) is 5.75 Å². The number of rotatable bonds is 3. The molecule has 2 saturated carbocycles. The van der Waals surface area contributed by atoms with E-state index in [4.69, 9.17) is 9.47 Å². The predicted molar refractivity (Wildman–Crippen MR) is 104 cm³/mol. The van der Waals surface area contributed by atoms with Crippen LogP contribution in [0.25, 0.3) is 0 Å². The number of aliphatic hydroxyl groups excluding tert-OH is 1. The summed E-state index contributed by atoms with van der Waals surface area (Å²) in [5, 5.41) is 10.1. The number of carbonyl (C=O) groups is 2. The number of carbonyl (C=O) groups excluding carboxylic acids is 2. The summed E-state index contributed by atoms with van der Waals surface area (Å²) in [6, 6.07) is 5.91. The first-order valence-corrected chi connectivity index (χ1v) is 10.4. The lowest BCUT2D eigenvalue weighted by Gasteiger charge is -2.51. The summed E-state index contributed by atoms with van der Waals surface area (Å²) in [6.07, 6.45) is 5.07. The molecule has 6 unspecified atom stereocenters. The van der Waals surface area contributed by atoms with Crippen LogP contribution in [0.5, 0.6) is 5.75 Å². The minimum absolute atomic E-state index is 0.0104. The number of fused-ring (bicyclic) bond motifs is 5. The summed E-state index contributed by atoms with van der Waals surface area (Å²) >= 11 is 0. The quantitative estimate of drug-likeness (QED) is 0.629. The van der Waals surface area contributed by atoms with Crippen molar-refractivity contribution in [2.75, 3.05) is 6.61 Å². The Morgan fingerprint density at radius 1 is 1.14 bits per heavy atom. The normalized spacial score (nSPS) is 36.1. The molecule has 3 aliphatic carbocycles. The molecule has 1 aromatic carbocycles. The Kier molecular flexibility index (Phi) is 4.98. The van der Waals surface area contributed by atoms with Crippen molar-refractivity contribution in [1.29, 1.82) is 0 Å². The molecule has 0 spiro atoms. The standard InChI is InChI=1S/C23H30O5/c1-13(25)27-16-4-5-17-18-8-9-23(3)21(6-7-22(23)28-14(2)26)20(18)10-15(12-24)19(17)11-16/h4-5,11,15,18,20-22,24H,6-10,12H2,1-3H3. The third kappa shape index (κ3) is 3.14. The number of benzene rings is 1. The first-order valence-electron chi connectivity index (χ1n) is 10.4. The topological polar surface area (TPSA) is 72.8 Å². The minimum Gasteiger partial charge on any atom is -0.462 e. The van der Waals surface area contributed by atoms with Gasteiger partial charge in [-0.15, -0.1) is 0 Å². The Labute approximate surface area is 166 Å². The SMILES string of the molecule is CC(=O)Oc1ccc2c(c1)C(CO)CC1C2CCC2(C)C(OC(C)=O)CCC12. The highest BCUT2D eigenvalue weighted by molar-refractivity contribution is 5.69. The fraction of sp³-hybridized carbons (Fsp3) is 0.652. The molecule has 0 bridgehead atoms. The van der Waals surface area contributed by atoms with E-state index >= 15 is 0 Å². The molecule has 0 amide bonds. The van der Waals surface area contributed by atoms with Crippen LogP contribution in [-0.4, -0.2) is 29.8 Å². The monoisotopic (exact) mass is 386 g/mol. The summed E-state index contributed by atoms with van der Waals surface area (Å²) in [6.45, 7) is 5.29. The highest BCUT2D eigenvalue weighted by atomic mass is 16.5. The number of aliphatic hydroxyl groups is 1. The van der Waals surface area contributed by atoms with Gasteiger partial charge < -0.3 is 14.6 Å². The van der Waals surface area contributed by atoms with E-state index in [1.54, 1.807) is 0 Å². The number of hydrogen-bond acceptors (Lipinski definition) is 5. The summed E-state index contributed by atoms with van der Waals surface area (Å²) in [5.41, 5.74) is 2.45. The van der Waals surface area contributed by atoms with E-state index in [2.05, 4.69) is 13.0 Å². The van der Waals surface area contributed by atoms with Gasteiger partial charge in [-0.1, -0.05) is 13.0 Å². The summed E-state index contributed by atoms with van der Waals surface area (Å²) < 4.78 is 11.0. The molecule has 0 radical (unpaired) electrons. The van der Waals surface area contributed by atoms with Crippen LogP contribution in [0.2, 0.25) is 0 Å². The zero-order chi connectivity index (χ0) is 20.1. The maximum Gasteiger partial charge on any atom is 0.308 e. The molecule has 0 aromatic heterocycles. The zero-order valence-corrected chi connectivity index (χ0v) is 16.9. The van der Waals surface area contributed by atoms with E-state index in [0.29, 0.717) is 23.5 Å². The molecule has 6 atom stereocenters. The van der Waals surface area contributed by atoms with Gasteiger partial charge in [-0.05, 0) is 73.1 Å². The van der Waals surface area contributed by atoms with Gasteiger partial charge in [0, 0.05) is 31.8 Å². The molecular formula is C23H30O5. The predicted octanol–water partition coefficient (Wildman–Crippen LogP) is 3.93. The minimum atomic E-state index is -0.329. The molecular weight excluding hydrogens is 356 g/mol. The molecule has 1 N–H and O–H groups in total. The lowest BCUT2D eigenvalue weighted by molar-refractivity contribution is -0.154. The lowest BCUT2D eigenvalue weighted by Crippen LogP contribution is -2.45. The first kappa shape index (κ1) is 19.4. The molecule has 5 heteroatoms. The Morgan fingerprint density at radius 2 is 1.93 bits per heavy atom. The van der Waals surface area contributed by atoms with E-state index in [0.717, 1.165) is 37.7 Å². The fourth-order valence-corrected chi connectivity index (χ4v) is 6.45. The molecule has 2 fully saturated rings. The molecule has 0 saturated heterocycles. The molecule has 3 aliphatic rings. The van der Waals surface area contributed by atoms with Gasteiger partial charge in [0.05, 0.1) is 0 Å². The molecule has 1 aromatic rings. The maximum atomic E-state index is 11.6. The molecule has 28 heavy (non-hydrogen) atoms. The number of esters is 2. The second-order valence-corrected chi connectivity index (χ2v) is 9.10. The Morgan fingerprint density at radius 3 is 2.61 bits per heavy atom. The van der Waals surface area contributed by atoms with E-state index in [-0.39, 0.29) is 36.0 Å². The third-order valence-electron chi connectivity index (χ3n) is 7.59. The van der Waals surface area contributed by atoms with Crippen LogP contribution in [0, 0.1) is 17.3 Å². The van der Waals surface area contributed by atoms with E-state index in [9.17, 15) is 14.7 Å². The van der Waals surface area contributed by atoms with Gasteiger partial charge in [-0.25, -0.2) is 0 Å². The average molecular weight is 386 g/mol. The van der Waals surface area contributed by atoms with E-state index in [1.807, 2.05) is 12.1 Å². The van der Waals surface area contributed by atoms with Crippen LogP contribution in [0.4, 0.5) is 0 Å². The van der Waals surface area contributed by atoms with Crippen LogP contribution >= 0.6 is 0 Å². The van der Waals surface area contributed by atoms with Crippen LogP contribution in [0.1, 0.15) is 75.8 Å². The molecule has 0 heterocycles. The Bertz CT molecular complexity index is 787.